The molecule has 0 spiro atoms. The highest BCUT2D eigenvalue weighted by Gasteiger charge is 2.68. The number of hydrogen-bond acceptors (Lipinski definition) is 5. The second kappa shape index (κ2) is 5.96. The molecule has 1 heterocycles. The number of carbonyl (C=O) groups excluding carboxylic acids is 3. The van der Waals surface area contributed by atoms with E-state index in [1.54, 1.807) is 20.8 Å². The van der Waals surface area contributed by atoms with Gasteiger partial charge in [0, 0.05) is 0 Å². The van der Waals surface area contributed by atoms with E-state index in [0.717, 1.165) is 11.3 Å². The van der Waals surface area contributed by atoms with Crippen molar-refractivity contribution in [3.63, 3.8) is 0 Å². The molecule has 1 aromatic heterocycles. The van der Waals surface area contributed by atoms with Crippen LogP contribution in [0.3, 0.4) is 0 Å². The summed E-state index contributed by atoms with van der Waals surface area (Å²) < 4.78 is 3.80. The van der Waals surface area contributed by atoms with Gasteiger partial charge in [-0.1, -0.05) is 0 Å². The lowest BCUT2D eigenvalue weighted by Crippen LogP contribution is -2.26. The molecular weight excluding hydrogens is 363 g/mol. The molecule has 6 nitrogen and oxygen atoms in total. The first kappa shape index (κ1) is 18.0. The molecule has 0 saturated heterocycles. The maximum absolute atomic E-state index is 12.4. The number of thiophene rings is 1. The molecular formula is C14H16Cl2N2O4S. The van der Waals surface area contributed by atoms with Crippen molar-refractivity contribution < 1.29 is 19.1 Å². The Kier molecular flexibility index (Phi) is 4.67. The van der Waals surface area contributed by atoms with Crippen molar-refractivity contribution >= 4 is 57.3 Å². The van der Waals surface area contributed by atoms with Gasteiger partial charge in [-0.15, -0.1) is 34.5 Å². The number of anilines is 1. The van der Waals surface area contributed by atoms with Gasteiger partial charge in [-0.05, 0) is 32.8 Å². The number of hydrogen-bond donors (Lipinski definition) is 2. The Labute approximate surface area is 147 Å². The Balaban J connectivity index is 2.35. The molecule has 0 aliphatic heterocycles. The average molecular weight is 379 g/mol. The topological polar surface area (TPSA) is 98.5 Å². The molecule has 1 aliphatic carbocycles. The summed E-state index contributed by atoms with van der Waals surface area (Å²) in [6, 6.07) is 0. The van der Waals surface area contributed by atoms with E-state index in [1.807, 2.05) is 0 Å². The fourth-order valence-corrected chi connectivity index (χ4v) is 3.98. The van der Waals surface area contributed by atoms with Crippen LogP contribution in [0.2, 0.25) is 0 Å². The van der Waals surface area contributed by atoms with Crippen molar-refractivity contribution in [2.24, 2.45) is 11.1 Å². The number of nitrogens with two attached hydrogens (primary N) is 1. The zero-order valence-corrected chi connectivity index (χ0v) is 15.1. The molecule has 1 saturated carbocycles. The minimum Gasteiger partial charge on any atom is -0.462 e. The zero-order valence-electron chi connectivity index (χ0n) is 12.8. The van der Waals surface area contributed by atoms with Gasteiger partial charge < -0.3 is 15.8 Å². The molecule has 0 radical (unpaired) electrons. The Bertz CT molecular complexity index is 701. The number of alkyl halides is 2. The molecule has 0 bridgehead atoms. The first-order chi connectivity index (χ1) is 10.5. The lowest BCUT2D eigenvalue weighted by atomic mass is 10.1. The van der Waals surface area contributed by atoms with E-state index in [0.29, 0.717) is 12.0 Å². The van der Waals surface area contributed by atoms with Gasteiger partial charge >= 0.3 is 5.97 Å². The third-order valence-electron chi connectivity index (χ3n) is 3.84. The van der Waals surface area contributed by atoms with Crippen molar-refractivity contribution in [2.45, 2.75) is 31.5 Å². The van der Waals surface area contributed by atoms with Crippen LogP contribution in [0, 0.1) is 12.3 Å². The summed E-state index contributed by atoms with van der Waals surface area (Å²) >= 11 is 12.9. The van der Waals surface area contributed by atoms with E-state index in [9.17, 15) is 14.4 Å². The number of carbonyl (C=O) groups is 3. The predicted molar refractivity (Wildman–Crippen MR) is 89.3 cm³/mol. The van der Waals surface area contributed by atoms with Crippen LogP contribution in [0.5, 0.6) is 0 Å². The maximum Gasteiger partial charge on any atom is 0.348 e. The Hall–Kier alpha value is -1.31. The summed E-state index contributed by atoms with van der Waals surface area (Å²) in [6.45, 7) is 5.07. The van der Waals surface area contributed by atoms with Crippen molar-refractivity contribution in [3.05, 3.63) is 16.0 Å². The molecule has 1 fully saturated rings. The number of halogens is 2. The van der Waals surface area contributed by atoms with Gasteiger partial charge in [0.1, 0.15) is 14.2 Å². The monoisotopic (exact) mass is 378 g/mol. The number of amides is 2. The lowest BCUT2D eigenvalue weighted by molar-refractivity contribution is -0.120. The van der Waals surface area contributed by atoms with Crippen molar-refractivity contribution in [2.75, 3.05) is 11.9 Å². The molecule has 2 amide bonds. The van der Waals surface area contributed by atoms with Crippen LogP contribution < -0.4 is 11.1 Å². The van der Waals surface area contributed by atoms with E-state index in [2.05, 4.69) is 5.32 Å². The molecule has 23 heavy (non-hydrogen) atoms. The van der Waals surface area contributed by atoms with Gasteiger partial charge in [0.15, 0.2) is 0 Å². The van der Waals surface area contributed by atoms with Gasteiger partial charge in [0.05, 0.1) is 17.6 Å². The summed E-state index contributed by atoms with van der Waals surface area (Å²) in [5, 5.41) is 2.80. The molecule has 3 N–H and O–H groups in total. The quantitative estimate of drug-likeness (QED) is 0.607. The summed E-state index contributed by atoms with van der Waals surface area (Å²) in [7, 11) is 0. The first-order valence-corrected chi connectivity index (χ1v) is 8.42. The van der Waals surface area contributed by atoms with Crippen LogP contribution in [-0.2, 0) is 9.53 Å². The number of ether oxygens (including phenoxy) is 1. The third kappa shape index (κ3) is 3.05. The minimum atomic E-state index is -1.14. The fourth-order valence-electron chi connectivity index (χ4n) is 2.18. The maximum atomic E-state index is 12.4. The van der Waals surface area contributed by atoms with Crippen molar-refractivity contribution in [1.29, 1.82) is 0 Å². The second-order valence-corrected chi connectivity index (χ2v) is 8.02. The predicted octanol–water partition coefficient (Wildman–Crippen LogP) is 2.85. The Morgan fingerprint density at radius 3 is 2.39 bits per heavy atom. The summed E-state index contributed by atoms with van der Waals surface area (Å²) in [6.07, 6.45) is 0.302. The van der Waals surface area contributed by atoms with Gasteiger partial charge in [-0.3, -0.25) is 9.59 Å². The average Bonchev–Trinajstić information content (AvgIpc) is 2.78. The van der Waals surface area contributed by atoms with Crippen LogP contribution in [0.1, 0.15) is 45.9 Å². The summed E-state index contributed by atoms with van der Waals surface area (Å²) in [5.41, 5.74) is 4.88. The molecule has 126 valence electrons. The van der Waals surface area contributed by atoms with Crippen LogP contribution in [0.15, 0.2) is 0 Å². The number of esters is 1. The molecule has 0 aromatic carbocycles. The van der Waals surface area contributed by atoms with E-state index in [-0.39, 0.29) is 22.0 Å². The van der Waals surface area contributed by atoms with Crippen LogP contribution in [0.25, 0.3) is 0 Å². The zero-order chi connectivity index (χ0) is 17.6. The minimum absolute atomic E-state index is 0.0883. The summed E-state index contributed by atoms with van der Waals surface area (Å²) in [5.74, 6) is -1.74. The molecule has 9 heteroatoms. The number of primary amides is 1. The van der Waals surface area contributed by atoms with Crippen molar-refractivity contribution in [1.82, 2.24) is 0 Å². The van der Waals surface area contributed by atoms with E-state index in [1.165, 1.54) is 0 Å². The number of nitrogens with one attached hydrogen (secondary N) is 1. The largest absolute Gasteiger partial charge is 0.462 e. The van der Waals surface area contributed by atoms with Gasteiger partial charge in [0.25, 0.3) is 5.91 Å². The smallest absolute Gasteiger partial charge is 0.348 e. The van der Waals surface area contributed by atoms with Crippen LogP contribution in [-0.4, -0.2) is 28.7 Å². The Morgan fingerprint density at radius 2 is 1.96 bits per heavy atom. The van der Waals surface area contributed by atoms with Gasteiger partial charge in [-0.2, -0.15) is 0 Å². The Morgan fingerprint density at radius 1 is 1.39 bits per heavy atom. The normalized spacial score (nSPS) is 21.6. The standard InChI is InChI=1S/C14H16Cl2N2O4S/c1-4-22-11(20)8-6(2)7(9(17)19)10(23-8)18-12(21)13(3)5-14(13,15)16/h4-5H2,1-3H3,(H2,17,19)(H,18,21)/t13-/m0/s1. The second-order valence-electron chi connectivity index (χ2n) is 5.51. The molecule has 1 aliphatic rings. The third-order valence-corrected chi connectivity index (χ3v) is 6.13. The van der Waals surface area contributed by atoms with E-state index in [4.69, 9.17) is 33.7 Å². The highest BCUT2D eigenvalue weighted by atomic mass is 35.5. The number of rotatable bonds is 5. The van der Waals surface area contributed by atoms with Crippen molar-refractivity contribution in [3.8, 4) is 0 Å². The highest BCUT2D eigenvalue weighted by molar-refractivity contribution is 7.18. The van der Waals surface area contributed by atoms with E-state index < -0.39 is 27.5 Å². The van der Waals surface area contributed by atoms with Crippen LogP contribution >= 0.6 is 34.5 Å². The van der Waals surface area contributed by atoms with Crippen LogP contribution in [0.4, 0.5) is 5.00 Å². The molecule has 1 atom stereocenters. The van der Waals surface area contributed by atoms with Gasteiger partial charge in [-0.25, -0.2) is 4.79 Å². The van der Waals surface area contributed by atoms with Gasteiger partial charge in [0.2, 0.25) is 5.91 Å². The molecule has 0 unspecified atom stereocenters. The SMILES string of the molecule is CCOC(=O)c1sc(NC(=O)[C@]2(C)CC2(Cl)Cl)c(C(N)=O)c1C. The van der Waals surface area contributed by atoms with E-state index >= 15 is 0 Å². The summed E-state index contributed by atoms with van der Waals surface area (Å²) in [4.78, 5) is 36.2. The molecule has 1 aromatic rings. The lowest BCUT2D eigenvalue weighted by Gasteiger charge is -2.12. The highest BCUT2D eigenvalue weighted by Crippen LogP contribution is 2.64. The molecule has 2 rings (SSSR count). The first-order valence-electron chi connectivity index (χ1n) is 6.84. The fraction of sp³-hybridized carbons (Fsp3) is 0.500.